The summed E-state index contributed by atoms with van der Waals surface area (Å²) in [6.45, 7) is 4.80. The van der Waals surface area contributed by atoms with E-state index < -0.39 is 0 Å². The molecule has 2 aromatic heterocycles. The highest BCUT2D eigenvalue weighted by Gasteiger charge is 2.33. The average molecular weight is 368 g/mol. The first-order valence-corrected chi connectivity index (χ1v) is 9.56. The molecular weight excluding hydrogens is 344 g/mol. The molecule has 142 valence electrons. The summed E-state index contributed by atoms with van der Waals surface area (Å²) in [5.74, 6) is 0.590. The Morgan fingerprint density at radius 1 is 1.19 bits per heavy atom. The molecule has 7 heteroatoms. The van der Waals surface area contributed by atoms with Gasteiger partial charge in [-0.05, 0) is 39.5 Å². The van der Waals surface area contributed by atoms with Gasteiger partial charge in [0.05, 0.1) is 16.8 Å². The minimum atomic E-state index is -0.165. The number of carbonyl (C=O) groups is 2. The van der Waals surface area contributed by atoms with Crippen molar-refractivity contribution in [3.05, 3.63) is 50.5 Å². The molecule has 0 saturated carbocycles. The number of aromatic nitrogens is 3. The van der Waals surface area contributed by atoms with E-state index in [9.17, 15) is 14.4 Å². The zero-order chi connectivity index (χ0) is 19.1. The smallest absolute Gasteiger partial charge is 0.256 e. The third-order valence-corrected chi connectivity index (χ3v) is 5.60. The number of H-pyrrole nitrogens is 2. The van der Waals surface area contributed by atoms with Gasteiger partial charge in [0.25, 0.3) is 11.5 Å². The van der Waals surface area contributed by atoms with Crippen molar-refractivity contribution >= 4 is 11.7 Å². The number of nitrogens with zero attached hydrogens (tertiary/aromatic N) is 2. The molecule has 27 heavy (non-hydrogen) atoms. The summed E-state index contributed by atoms with van der Waals surface area (Å²) in [7, 11) is 0. The number of Topliss-reactive ketones (excluding diaryl/α,β-unsaturated/α-hetero) is 1. The van der Waals surface area contributed by atoms with Crippen LogP contribution in [0, 0.1) is 13.8 Å². The van der Waals surface area contributed by atoms with Gasteiger partial charge in [-0.25, -0.2) is 4.98 Å². The molecule has 2 N–H and O–H groups in total. The van der Waals surface area contributed by atoms with Gasteiger partial charge in [-0.3, -0.25) is 14.4 Å². The minimum Gasteiger partial charge on any atom is -0.361 e. The van der Waals surface area contributed by atoms with Crippen LogP contribution in [0.15, 0.2) is 10.9 Å². The maximum Gasteiger partial charge on any atom is 0.256 e. The Balaban J connectivity index is 1.62. The standard InChI is InChI=1S/C20H24N4O3/c1-11-18(19-14(21-11)6-3-7-16(19)25)20(27)24-8-4-5-13(10-24)15-9-17(26)23-12(2)22-15/h9,13,21H,3-8,10H2,1-2H3,(H,22,23,26). The minimum absolute atomic E-state index is 0.0366. The Bertz CT molecular complexity index is 972. The van der Waals surface area contributed by atoms with Gasteiger partial charge in [0, 0.05) is 42.9 Å². The van der Waals surface area contributed by atoms with E-state index in [0.717, 1.165) is 42.8 Å². The van der Waals surface area contributed by atoms with Gasteiger partial charge in [-0.1, -0.05) is 0 Å². The van der Waals surface area contributed by atoms with E-state index >= 15 is 0 Å². The second-order valence-corrected chi connectivity index (χ2v) is 7.60. The third kappa shape index (κ3) is 3.22. The Hall–Kier alpha value is -2.70. The fraction of sp³-hybridized carbons (Fsp3) is 0.500. The molecule has 2 aromatic rings. The quantitative estimate of drug-likeness (QED) is 0.849. The Morgan fingerprint density at radius 2 is 2.00 bits per heavy atom. The molecule has 2 aliphatic rings. The Morgan fingerprint density at radius 3 is 2.78 bits per heavy atom. The van der Waals surface area contributed by atoms with Crippen molar-refractivity contribution < 1.29 is 9.59 Å². The van der Waals surface area contributed by atoms with Crippen molar-refractivity contribution in [3.8, 4) is 0 Å². The first kappa shape index (κ1) is 17.7. The van der Waals surface area contributed by atoms with Crippen molar-refractivity contribution in [2.75, 3.05) is 13.1 Å². The predicted octanol–water partition coefficient (Wildman–Crippen LogP) is 2.25. The van der Waals surface area contributed by atoms with Crippen molar-refractivity contribution in [1.82, 2.24) is 19.9 Å². The molecule has 7 nitrogen and oxygen atoms in total. The molecule has 0 aromatic carbocycles. The van der Waals surface area contributed by atoms with E-state index in [2.05, 4.69) is 15.0 Å². The molecule has 0 bridgehead atoms. The number of likely N-dealkylation sites (tertiary alicyclic amines) is 1. The van der Waals surface area contributed by atoms with E-state index in [1.165, 1.54) is 6.07 Å². The van der Waals surface area contributed by atoms with Crippen LogP contribution in [0.1, 0.15) is 75.2 Å². The van der Waals surface area contributed by atoms with Gasteiger partial charge in [-0.15, -0.1) is 0 Å². The normalized spacial score (nSPS) is 19.9. The maximum atomic E-state index is 13.3. The van der Waals surface area contributed by atoms with Crippen molar-refractivity contribution in [2.45, 2.75) is 51.9 Å². The Labute approximate surface area is 157 Å². The fourth-order valence-corrected chi connectivity index (χ4v) is 4.38. The molecule has 1 aliphatic carbocycles. The van der Waals surface area contributed by atoms with Gasteiger partial charge in [0.1, 0.15) is 5.82 Å². The lowest BCUT2D eigenvalue weighted by molar-refractivity contribution is 0.0700. The monoisotopic (exact) mass is 368 g/mol. The molecule has 0 spiro atoms. The number of carbonyl (C=O) groups excluding carboxylic acids is 2. The molecule has 1 unspecified atom stereocenters. The molecule has 0 radical (unpaired) electrons. The average Bonchev–Trinajstić information content (AvgIpc) is 2.97. The topological polar surface area (TPSA) is 98.9 Å². The summed E-state index contributed by atoms with van der Waals surface area (Å²) < 4.78 is 0. The second kappa shape index (κ2) is 6.79. The highest BCUT2D eigenvalue weighted by atomic mass is 16.2. The number of nitrogens with one attached hydrogen (secondary N) is 2. The summed E-state index contributed by atoms with van der Waals surface area (Å²) in [6.07, 6.45) is 3.89. The number of ketones is 1. The summed E-state index contributed by atoms with van der Waals surface area (Å²) in [5, 5.41) is 0. The predicted molar refractivity (Wildman–Crippen MR) is 100 cm³/mol. The number of aryl methyl sites for hydroxylation is 3. The summed E-state index contributed by atoms with van der Waals surface area (Å²) in [4.78, 5) is 49.7. The number of amides is 1. The first-order chi connectivity index (χ1) is 12.9. The second-order valence-electron chi connectivity index (χ2n) is 7.60. The van der Waals surface area contributed by atoms with Crippen LogP contribution in [0.25, 0.3) is 0 Å². The zero-order valence-corrected chi connectivity index (χ0v) is 15.7. The number of rotatable bonds is 2. The molecule has 1 amide bonds. The first-order valence-electron chi connectivity index (χ1n) is 9.56. The van der Waals surface area contributed by atoms with Crippen LogP contribution in [0.5, 0.6) is 0 Å². The van der Waals surface area contributed by atoms with Gasteiger partial charge >= 0.3 is 0 Å². The van der Waals surface area contributed by atoms with E-state index in [-0.39, 0.29) is 23.2 Å². The fourth-order valence-electron chi connectivity index (χ4n) is 4.38. The number of hydrogen-bond acceptors (Lipinski definition) is 4. The third-order valence-electron chi connectivity index (χ3n) is 5.60. The van der Waals surface area contributed by atoms with Crippen molar-refractivity contribution in [1.29, 1.82) is 0 Å². The van der Waals surface area contributed by atoms with E-state index in [4.69, 9.17) is 0 Å². The lowest BCUT2D eigenvalue weighted by atomic mass is 9.91. The molecule has 1 saturated heterocycles. The Kier molecular flexibility index (Phi) is 4.45. The van der Waals surface area contributed by atoms with Crippen LogP contribution in [0.4, 0.5) is 0 Å². The number of hydrogen-bond donors (Lipinski definition) is 2. The number of piperidine rings is 1. The molecular formula is C20H24N4O3. The molecule has 4 rings (SSSR count). The highest BCUT2D eigenvalue weighted by Crippen LogP contribution is 2.31. The van der Waals surface area contributed by atoms with Gasteiger partial charge in [-0.2, -0.15) is 0 Å². The van der Waals surface area contributed by atoms with E-state index in [0.29, 0.717) is 36.5 Å². The van der Waals surface area contributed by atoms with Crippen LogP contribution in [0.3, 0.4) is 0 Å². The largest absolute Gasteiger partial charge is 0.361 e. The molecule has 1 fully saturated rings. The van der Waals surface area contributed by atoms with E-state index in [1.54, 1.807) is 6.92 Å². The van der Waals surface area contributed by atoms with Crippen LogP contribution in [-0.4, -0.2) is 44.6 Å². The number of aromatic amines is 2. The zero-order valence-electron chi connectivity index (χ0n) is 15.7. The molecule has 1 atom stereocenters. The van der Waals surface area contributed by atoms with Crippen molar-refractivity contribution in [2.24, 2.45) is 0 Å². The van der Waals surface area contributed by atoms with Crippen molar-refractivity contribution in [3.63, 3.8) is 0 Å². The SMILES string of the molecule is Cc1nc(C2CCCN(C(=O)c3c(C)[nH]c4c3C(=O)CCC4)C2)cc(=O)[nH]1. The summed E-state index contributed by atoms with van der Waals surface area (Å²) >= 11 is 0. The summed E-state index contributed by atoms with van der Waals surface area (Å²) in [5.41, 5.74) is 3.36. The molecule has 1 aliphatic heterocycles. The van der Waals surface area contributed by atoms with Crippen LogP contribution >= 0.6 is 0 Å². The van der Waals surface area contributed by atoms with E-state index in [1.807, 2.05) is 11.8 Å². The molecule has 3 heterocycles. The van der Waals surface area contributed by atoms with Gasteiger partial charge in [0.2, 0.25) is 0 Å². The lowest BCUT2D eigenvalue weighted by Gasteiger charge is -2.33. The van der Waals surface area contributed by atoms with Gasteiger partial charge in [0.15, 0.2) is 5.78 Å². The number of fused-ring (bicyclic) bond motifs is 1. The van der Waals surface area contributed by atoms with Gasteiger partial charge < -0.3 is 14.9 Å². The summed E-state index contributed by atoms with van der Waals surface area (Å²) in [6, 6.07) is 1.53. The lowest BCUT2D eigenvalue weighted by Crippen LogP contribution is -2.40. The van der Waals surface area contributed by atoms with Crippen LogP contribution < -0.4 is 5.56 Å². The van der Waals surface area contributed by atoms with Crippen LogP contribution in [-0.2, 0) is 6.42 Å². The highest BCUT2D eigenvalue weighted by molar-refractivity contribution is 6.10. The maximum absolute atomic E-state index is 13.3. The van der Waals surface area contributed by atoms with Crippen LogP contribution in [0.2, 0.25) is 0 Å².